The fraction of sp³-hybridized carbons (Fsp3) is 0.318. The number of hydrogen-bond acceptors (Lipinski definition) is 6. The van der Waals surface area contributed by atoms with Crippen molar-refractivity contribution in [3.63, 3.8) is 0 Å². The molecule has 0 bridgehead atoms. The van der Waals surface area contributed by atoms with Gasteiger partial charge in [-0.1, -0.05) is 6.07 Å². The SMILES string of the molecule is COc1cc2c(CC(=O)N(C)CCc3ccccn3)cnc(CN)c2cc1OC. The van der Waals surface area contributed by atoms with Crippen molar-refractivity contribution in [2.45, 2.75) is 19.4 Å². The smallest absolute Gasteiger partial charge is 0.226 e. The van der Waals surface area contributed by atoms with Crippen LogP contribution in [0, 0.1) is 0 Å². The molecule has 0 saturated heterocycles. The predicted octanol–water partition coefficient (Wildman–Crippen LogP) is 2.35. The Bertz CT molecular complexity index is 992. The topological polar surface area (TPSA) is 90.6 Å². The van der Waals surface area contributed by atoms with Gasteiger partial charge in [0.15, 0.2) is 11.5 Å². The van der Waals surface area contributed by atoms with Crippen LogP contribution in [0.2, 0.25) is 0 Å². The van der Waals surface area contributed by atoms with Gasteiger partial charge in [-0.05, 0) is 35.2 Å². The van der Waals surface area contributed by atoms with E-state index in [1.165, 1.54) is 0 Å². The highest BCUT2D eigenvalue weighted by Crippen LogP contribution is 2.34. The zero-order valence-corrected chi connectivity index (χ0v) is 17.0. The third-order valence-corrected chi connectivity index (χ3v) is 4.95. The number of nitrogens with zero attached hydrogens (tertiary/aromatic N) is 3. The first-order chi connectivity index (χ1) is 14.1. The highest BCUT2D eigenvalue weighted by molar-refractivity contribution is 5.93. The third kappa shape index (κ3) is 4.63. The molecule has 0 aliphatic heterocycles. The van der Waals surface area contributed by atoms with E-state index in [4.69, 9.17) is 15.2 Å². The summed E-state index contributed by atoms with van der Waals surface area (Å²) in [4.78, 5) is 23.3. The van der Waals surface area contributed by atoms with E-state index in [1.807, 2.05) is 30.3 Å². The van der Waals surface area contributed by atoms with E-state index >= 15 is 0 Å². The molecule has 0 aliphatic rings. The maximum absolute atomic E-state index is 12.8. The maximum atomic E-state index is 12.8. The molecule has 7 heteroatoms. The van der Waals surface area contributed by atoms with Gasteiger partial charge in [-0.3, -0.25) is 14.8 Å². The summed E-state index contributed by atoms with van der Waals surface area (Å²) >= 11 is 0. The second kappa shape index (κ2) is 9.34. The average molecular weight is 394 g/mol. The molecule has 0 atom stereocenters. The molecule has 0 spiro atoms. The molecule has 1 amide bonds. The number of methoxy groups -OCH3 is 2. The standard InChI is InChI=1S/C22H26N4O3/c1-26(9-7-16-6-4-5-8-24-16)22(27)10-15-14-25-19(13-23)18-12-21(29-3)20(28-2)11-17(15)18/h4-6,8,11-12,14H,7,9-10,13,23H2,1-3H3. The van der Waals surface area contributed by atoms with Crippen molar-refractivity contribution in [1.29, 1.82) is 0 Å². The minimum atomic E-state index is 0.0133. The van der Waals surface area contributed by atoms with E-state index in [1.54, 1.807) is 38.6 Å². The summed E-state index contributed by atoms with van der Waals surface area (Å²) in [7, 11) is 4.98. The number of amides is 1. The Hall–Kier alpha value is -3.19. The average Bonchev–Trinajstić information content (AvgIpc) is 2.77. The minimum Gasteiger partial charge on any atom is -0.493 e. The number of benzene rings is 1. The molecule has 0 unspecified atom stereocenters. The zero-order chi connectivity index (χ0) is 20.8. The van der Waals surface area contributed by atoms with Gasteiger partial charge in [0.1, 0.15) is 0 Å². The molecule has 2 aromatic heterocycles. The Balaban J connectivity index is 1.84. The lowest BCUT2D eigenvalue weighted by molar-refractivity contribution is -0.129. The second-order valence-electron chi connectivity index (χ2n) is 6.75. The predicted molar refractivity (Wildman–Crippen MR) is 112 cm³/mol. The van der Waals surface area contributed by atoms with Crippen LogP contribution >= 0.6 is 0 Å². The van der Waals surface area contributed by atoms with Crippen LogP contribution in [0.5, 0.6) is 11.5 Å². The van der Waals surface area contributed by atoms with Crippen molar-refractivity contribution in [2.24, 2.45) is 5.73 Å². The molecule has 0 radical (unpaired) electrons. The van der Waals surface area contributed by atoms with E-state index in [9.17, 15) is 4.79 Å². The van der Waals surface area contributed by atoms with Crippen LogP contribution < -0.4 is 15.2 Å². The van der Waals surface area contributed by atoms with Gasteiger partial charge in [-0.15, -0.1) is 0 Å². The molecule has 29 heavy (non-hydrogen) atoms. The quantitative estimate of drug-likeness (QED) is 0.631. The Morgan fingerprint density at radius 2 is 1.83 bits per heavy atom. The molecule has 1 aromatic carbocycles. The normalized spacial score (nSPS) is 10.8. The molecule has 2 N–H and O–H groups in total. The van der Waals surface area contributed by atoms with E-state index in [0.29, 0.717) is 31.0 Å². The van der Waals surface area contributed by atoms with Crippen LogP contribution in [0.3, 0.4) is 0 Å². The number of hydrogen-bond donors (Lipinski definition) is 1. The van der Waals surface area contributed by atoms with E-state index < -0.39 is 0 Å². The highest BCUT2D eigenvalue weighted by Gasteiger charge is 2.16. The molecule has 152 valence electrons. The first-order valence-electron chi connectivity index (χ1n) is 9.43. The fourth-order valence-electron chi connectivity index (χ4n) is 3.23. The van der Waals surface area contributed by atoms with Gasteiger partial charge in [0.25, 0.3) is 0 Å². The summed E-state index contributed by atoms with van der Waals surface area (Å²) < 4.78 is 10.8. The van der Waals surface area contributed by atoms with Crippen LogP contribution in [-0.4, -0.2) is 48.6 Å². The number of rotatable bonds is 8. The molecular formula is C22H26N4O3. The largest absolute Gasteiger partial charge is 0.493 e. The number of nitrogens with two attached hydrogens (primary N) is 1. The maximum Gasteiger partial charge on any atom is 0.226 e. The van der Waals surface area contributed by atoms with Gasteiger partial charge < -0.3 is 20.1 Å². The molecule has 7 nitrogen and oxygen atoms in total. The molecule has 0 fully saturated rings. The Morgan fingerprint density at radius 1 is 1.10 bits per heavy atom. The van der Waals surface area contributed by atoms with Crippen molar-refractivity contribution in [1.82, 2.24) is 14.9 Å². The summed E-state index contributed by atoms with van der Waals surface area (Å²) in [6, 6.07) is 9.53. The van der Waals surface area contributed by atoms with Gasteiger partial charge in [0.05, 0.1) is 26.3 Å². The molecule has 3 aromatic rings. The molecule has 2 heterocycles. The van der Waals surface area contributed by atoms with Gasteiger partial charge in [-0.25, -0.2) is 0 Å². The fourth-order valence-corrected chi connectivity index (χ4v) is 3.23. The van der Waals surface area contributed by atoms with Crippen LogP contribution in [0.15, 0.2) is 42.7 Å². The van der Waals surface area contributed by atoms with Crippen molar-refractivity contribution in [3.05, 3.63) is 59.7 Å². The summed E-state index contributed by atoms with van der Waals surface area (Å²) in [6.45, 7) is 0.892. The minimum absolute atomic E-state index is 0.0133. The number of likely N-dealkylation sites (N-methyl/N-ethyl adjacent to an activating group) is 1. The van der Waals surface area contributed by atoms with Gasteiger partial charge in [-0.2, -0.15) is 0 Å². The molecular weight excluding hydrogens is 368 g/mol. The van der Waals surface area contributed by atoms with Crippen LogP contribution in [0.1, 0.15) is 17.0 Å². The number of pyridine rings is 2. The summed E-state index contributed by atoms with van der Waals surface area (Å²) in [5.74, 6) is 1.22. The molecule has 0 saturated carbocycles. The van der Waals surface area contributed by atoms with Crippen molar-refractivity contribution in [2.75, 3.05) is 27.8 Å². The third-order valence-electron chi connectivity index (χ3n) is 4.95. The van der Waals surface area contributed by atoms with Crippen molar-refractivity contribution >= 4 is 16.7 Å². The summed E-state index contributed by atoms with van der Waals surface area (Å²) in [5.41, 5.74) is 8.40. The van der Waals surface area contributed by atoms with Gasteiger partial charge in [0.2, 0.25) is 5.91 Å². The Morgan fingerprint density at radius 3 is 2.45 bits per heavy atom. The van der Waals surface area contributed by atoms with Crippen molar-refractivity contribution in [3.8, 4) is 11.5 Å². The number of carbonyl (C=O) groups excluding carboxylic acids is 1. The Kier molecular flexibility index (Phi) is 6.61. The van der Waals surface area contributed by atoms with E-state index in [-0.39, 0.29) is 12.3 Å². The number of fused-ring (bicyclic) bond motifs is 1. The molecule has 3 rings (SSSR count). The second-order valence-corrected chi connectivity index (χ2v) is 6.75. The Labute approximate surface area is 170 Å². The summed E-state index contributed by atoms with van der Waals surface area (Å²) in [6.07, 6.45) is 4.43. The van der Waals surface area contributed by atoms with Crippen LogP contribution in [-0.2, 0) is 24.2 Å². The first kappa shape index (κ1) is 20.5. The highest BCUT2D eigenvalue weighted by atomic mass is 16.5. The number of ether oxygens (including phenoxy) is 2. The number of aromatic nitrogens is 2. The van der Waals surface area contributed by atoms with Crippen LogP contribution in [0.4, 0.5) is 0 Å². The lowest BCUT2D eigenvalue weighted by Crippen LogP contribution is -2.30. The molecule has 0 aliphatic carbocycles. The van der Waals surface area contributed by atoms with Gasteiger partial charge in [0, 0.05) is 50.0 Å². The lowest BCUT2D eigenvalue weighted by atomic mass is 10.0. The van der Waals surface area contributed by atoms with Gasteiger partial charge >= 0.3 is 0 Å². The monoisotopic (exact) mass is 394 g/mol. The van der Waals surface area contributed by atoms with Crippen LogP contribution in [0.25, 0.3) is 10.8 Å². The first-order valence-corrected chi connectivity index (χ1v) is 9.43. The summed E-state index contributed by atoms with van der Waals surface area (Å²) in [5, 5.41) is 1.76. The van der Waals surface area contributed by atoms with E-state index in [0.717, 1.165) is 27.7 Å². The zero-order valence-electron chi connectivity index (χ0n) is 17.0. The van der Waals surface area contributed by atoms with E-state index in [2.05, 4.69) is 9.97 Å². The van der Waals surface area contributed by atoms with Crippen molar-refractivity contribution < 1.29 is 14.3 Å². The lowest BCUT2D eigenvalue weighted by Gasteiger charge is -2.18. The number of carbonyl (C=O) groups is 1.